The molecule has 4 aliphatic rings. The van der Waals surface area contributed by atoms with Crippen LogP contribution in [0.15, 0.2) is 91.0 Å². The number of nitrogens with zero attached hydrogens (tertiary/aromatic N) is 1. The normalized spacial score (nSPS) is 23.5. The molecule has 4 aromatic carbocycles. The highest BCUT2D eigenvalue weighted by Crippen LogP contribution is 2.67. The van der Waals surface area contributed by atoms with Gasteiger partial charge in [-0.15, -0.1) is 0 Å². The van der Waals surface area contributed by atoms with Crippen molar-refractivity contribution >= 4 is 29.1 Å². The second kappa shape index (κ2) is 9.06. The fraction of sp³-hybridized carbons (Fsp3) is 0.206. The van der Waals surface area contributed by atoms with Crippen molar-refractivity contribution in [2.24, 2.45) is 11.3 Å². The predicted molar refractivity (Wildman–Crippen MR) is 155 cm³/mol. The van der Waals surface area contributed by atoms with E-state index in [-0.39, 0.29) is 29.6 Å². The Labute approximate surface area is 237 Å². The van der Waals surface area contributed by atoms with E-state index < -0.39 is 11.3 Å². The van der Waals surface area contributed by atoms with Crippen molar-refractivity contribution < 1.29 is 23.9 Å². The van der Waals surface area contributed by atoms with Crippen LogP contribution in [0, 0.1) is 11.3 Å². The number of hydrogen-bond donors (Lipinski definition) is 1. The summed E-state index contributed by atoms with van der Waals surface area (Å²) in [4.78, 5) is 42.8. The number of nitrogens with one attached hydrogen (secondary N) is 1. The lowest BCUT2D eigenvalue weighted by atomic mass is 9.48. The summed E-state index contributed by atoms with van der Waals surface area (Å²) >= 11 is 0. The zero-order valence-corrected chi connectivity index (χ0v) is 22.9. The molecule has 2 bridgehead atoms. The maximum atomic E-state index is 14.3. The van der Waals surface area contributed by atoms with E-state index in [1.165, 1.54) is 12.0 Å². The minimum Gasteiger partial charge on any atom is -0.497 e. The first kappa shape index (κ1) is 25.1. The van der Waals surface area contributed by atoms with Gasteiger partial charge in [0.1, 0.15) is 11.5 Å². The van der Waals surface area contributed by atoms with Crippen LogP contribution >= 0.6 is 0 Å². The van der Waals surface area contributed by atoms with Crippen molar-refractivity contribution in [1.29, 1.82) is 0 Å². The third-order valence-corrected chi connectivity index (χ3v) is 9.06. The predicted octanol–water partition coefficient (Wildman–Crippen LogP) is 5.74. The van der Waals surface area contributed by atoms with Crippen molar-refractivity contribution in [3.8, 4) is 11.5 Å². The van der Waals surface area contributed by atoms with Crippen molar-refractivity contribution in [3.05, 3.63) is 119 Å². The van der Waals surface area contributed by atoms with Crippen LogP contribution < -0.4 is 19.7 Å². The third-order valence-electron chi connectivity index (χ3n) is 9.06. The number of imide groups is 1. The van der Waals surface area contributed by atoms with E-state index in [2.05, 4.69) is 29.6 Å². The number of methoxy groups -OCH3 is 2. The van der Waals surface area contributed by atoms with Crippen LogP contribution in [0.5, 0.6) is 11.5 Å². The van der Waals surface area contributed by atoms with E-state index in [1.54, 1.807) is 49.6 Å². The molecule has 4 aromatic rings. The molecular formula is C34H28N2O5. The Morgan fingerprint density at radius 1 is 0.805 bits per heavy atom. The quantitative estimate of drug-likeness (QED) is 0.324. The summed E-state index contributed by atoms with van der Waals surface area (Å²) < 4.78 is 10.6. The van der Waals surface area contributed by atoms with Gasteiger partial charge < -0.3 is 14.8 Å². The molecule has 7 nitrogen and oxygen atoms in total. The lowest BCUT2D eigenvalue weighted by Crippen LogP contribution is -2.49. The molecule has 0 spiro atoms. The minimum absolute atomic E-state index is 0.191. The number of amides is 3. The van der Waals surface area contributed by atoms with E-state index in [0.717, 1.165) is 22.3 Å². The zero-order valence-electron chi connectivity index (χ0n) is 22.9. The molecule has 1 aliphatic heterocycles. The summed E-state index contributed by atoms with van der Waals surface area (Å²) in [6.07, 6.45) is 0. The van der Waals surface area contributed by atoms with Crippen LogP contribution in [0.4, 0.5) is 11.4 Å². The van der Waals surface area contributed by atoms with E-state index in [1.807, 2.05) is 31.2 Å². The third kappa shape index (κ3) is 3.41. The Morgan fingerprint density at radius 3 is 2.00 bits per heavy atom. The van der Waals surface area contributed by atoms with Crippen molar-refractivity contribution in [2.45, 2.75) is 18.8 Å². The zero-order chi connectivity index (χ0) is 28.5. The summed E-state index contributed by atoms with van der Waals surface area (Å²) in [6, 6.07) is 28.1. The van der Waals surface area contributed by atoms with Crippen LogP contribution in [-0.2, 0) is 9.59 Å². The number of hydrogen-bond acceptors (Lipinski definition) is 5. The number of rotatable bonds is 5. The topological polar surface area (TPSA) is 84.9 Å². The molecule has 2 atom stereocenters. The Bertz CT molecular complexity index is 1700. The first-order valence-corrected chi connectivity index (χ1v) is 13.6. The molecule has 7 heteroatoms. The Morgan fingerprint density at radius 2 is 1.41 bits per heavy atom. The summed E-state index contributed by atoms with van der Waals surface area (Å²) in [5, 5.41) is 2.86. The van der Waals surface area contributed by atoms with Crippen LogP contribution in [0.1, 0.15) is 51.4 Å². The van der Waals surface area contributed by atoms with Gasteiger partial charge in [-0.3, -0.25) is 14.4 Å². The average Bonchev–Trinajstić information content (AvgIpc) is 3.22. The Balaban J connectivity index is 1.21. The molecule has 3 amide bonds. The van der Waals surface area contributed by atoms with Gasteiger partial charge in [-0.2, -0.15) is 0 Å². The fourth-order valence-corrected chi connectivity index (χ4v) is 7.22. The van der Waals surface area contributed by atoms with E-state index in [9.17, 15) is 14.4 Å². The molecule has 3 aliphatic carbocycles. The van der Waals surface area contributed by atoms with Crippen molar-refractivity contribution in [3.63, 3.8) is 0 Å². The van der Waals surface area contributed by atoms with Gasteiger partial charge in [-0.1, -0.05) is 48.5 Å². The molecule has 1 N–H and O–H groups in total. The van der Waals surface area contributed by atoms with Crippen LogP contribution in [0.25, 0.3) is 0 Å². The highest BCUT2D eigenvalue weighted by Gasteiger charge is 2.68. The number of carbonyl (C=O) groups excluding carboxylic acids is 3. The maximum absolute atomic E-state index is 14.3. The number of benzene rings is 4. The van der Waals surface area contributed by atoms with Gasteiger partial charge in [0.15, 0.2) is 0 Å². The molecule has 1 saturated heterocycles. The maximum Gasteiger partial charge on any atom is 0.255 e. The van der Waals surface area contributed by atoms with Gasteiger partial charge in [0.25, 0.3) is 5.91 Å². The van der Waals surface area contributed by atoms with E-state index in [4.69, 9.17) is 9.47 Å². The van der Waals surface area contributed by atoms with Crippen molar-refractivity contribution in [2.75, 3.05) is 24.4 Å². The first-order valence-electron chi connectivity index (χ1n) is 13.6. The molecule has 41 heavy (non-hydrogen) atoms. The van der Waals surface area contributed by atoms with Gasteiger partial charge in [0.2, 0.25) is 11.8 Å². The Kier molecular flexibility index (Phi) is 5.54. The monoisotopic (exact) mass is 544 g/mol. The summed E-state index contributed by atoms with van der Waals surface area (Å²) in [7, 11) is 3.08. The van der Waals surface area contributed by atoms with E-state index >= 15 is 0 Å². The van der Waals surface area contributed by atoms with Crippen LogP contribution in [0.2, 0.25) is 0 Å². The van der Waals surface area contributed by atoms with Crippen LogP contribution in [0.3, 0.4) is 0 Å². The minimum atomic E-state index is -0.911. The van der Waals surface area contributed by atoms with Gasteiger partial charge in [0, 0.05) is 23.5 Å². The molecular weight excluding hydrogens is 516 g/mol. The van der Waals surface area contributed by atoms with Crippen molar-refractivity contribution in [1.82, 2.24) is 0 Å². The summed E-state index contributed by atoms with van der Waals surface area (Å²) in [5.74, 6) is -0.574. The first-order chi connectivity index (χ1) is 19.9. The molecule has 0 unspecified atom stereocenters. The molecule has 0 radical (unpaired) electrons. The lowest BCUT2D eigenvalue weighted by Gasteiger charge is -2.51. The largest absolute Gasteiger partial charge is 0.497 e. The second-order valence-corrected chi connectivity index (χ2v) is 11.0. The van der Waals surface area contributed by atoms with Gasteiger partial charge in [0.05, 0.1) is 36.9 Å². The molecule has 1 fully saturated rings. The van der Waals surface area contributed by atoms with E-state index in [0.29, 0.717) is 28.4 Å². The standard InChI is InChI=1S/C34H28N2O5/c1-34-29-24-10-6-4-8-22(24)28(23-9-5-7-11-25(23)29)30(34)32(38)36(33(34)39)20-14-12-19(13-15-20)31(37)35-26-17-16-21(40-2)18-27(26)41-3/h4-18,28-30H,1-3H3,(H,35,37)/t28?,29?,30-,34-/m1/s1. The highest BCUT2D eigenvalue weighted by molar-refractivity contribution is 6.25. The fourth-order valence-electron chi connectivity index (χ4n) is 7.22. The van der Waals surface area contributed by atoms with Gasteiger partial charge in [-0.05, 0) is 65.6 Å². The number of ether oxygens (including phenoxy) is 2. The average molecular weight is 545 g/mol. The highest BCUT2D eigenvalue weighted by atomic mass is 16.5. The molecule has 204 valence electrons. The summed E-state index contributed by atoms with van der Waals surface area (Å²) in [5.41, 5.74) is 4.93. The van der Waals surface area contributed by atoms with Gasteiger partial charge >= 0.3 is 0 Å². The summed E-state index contributed by atoms with van der Waals surface area (Å²) in [6.45, 7) is 1.95. The smallest absolute Gasteiger partial charge is 0.255 e. The SMILES string of the molecule is COc1ccc(NC(=O)c2ccc(N3C(=O)[C@H]4C5c6ccccc6C(c6ccccc65)[C@@]4(C)C3=O)cc2)c(OC)c1. The van der Waals surface area contributed by atoms with Gasteiger partial charge in [-0.25, -0.2) is 4.90 Å². The second-order valence-electron chi connectivity index (χ2n) is 11.0. The molecule has 0 saturated carbocycles. The molecule has 1 heterocycles. The van der Waals surface area contributed by atoms with Crippen LogP contribution in [-0.4, -0.2) is 31.9 Å². The molecule has 0 aromatic heterocycles. The lowest BCUT2D eigenvalue weighted by molar-refractivity contribution is -0.128. The number of carbonyl (C=O) groups is 3. The molecule has 8 rings (SSSR count). The Hall–Kier alpha value is -4.91. The number of anilines is 2.